The third kappa shape index (κ3) is 3.16. The predicted octanol–water partition coefficient (Wildman–Crippen LogP) is 3.18. The van der Waals surface area contributed by atoms with Crippen molar-refractivity contribution >= 4 is 13.3 Å². The van der Waals surface area contributed by atoms with Crippen LogP contribution in [-0.2, 0) is 6.61 Å². The lowest BCUT2D eigenvalue weighted by Gasteiger charge is -2.15. The van der Waals surface area contributed by atoms with Crippen LogP contribution in [0, 0.1) is 0 Å². The molecule has 0 aliphatic carbocycles. The first-order chi connectivity index (χ1) is 8.66. The maximum atomic E-state index is 5.88. The van der Waals surface area contributed by atoms with Gasteiger partial charge in [0.2, 0.25) is 0 Å². The van der Waals surface area contributed by atoms with E-state index in [1.807, 2.05) is 36.4 Å². The Morgan fingerprint density at radius 1 is 1.06 bits per heavy atom. The lowest BCUT2D eigenvalue weighted by atomic mass is 9.90. The van der Waals surface area contributed by atoms with Crippen LogP contribution < -0.4 is 10.2 Å². The first kappa shape index (κ1) is 12.8. The zero-order chi connectivity index (χ0) is 13.0. The van der Waals surface area contributed by atoms with Gasteiger partial charge in [0.05, 0.1) is 0 Å². The molecule has 2 rings (SSSR count). The average Bonchev–Trinajstić information content (AvgIpc) is 2.38. The topological polar surface area (TPSA) is 9.23 Å². The van der Waals surface area contributed by atoms with E-state index in [2.05, 4.69) is 26.0 Å². The summed E-state index contributed by atoms with van der Waals surface area (Å²) in [6, 6.07) is 16.0. The Balaban J connectivity index is 2.14. The molecule has 2 radical (unpaired) electrons. The van der Waals surface area contributed by atoms with Crippen molar-refractivity contribution in [2.24, 2.45) is 0 Å². The first-order valence-electron chi connectivity index (χ1n) is 6.23. The smallest absolute Gasteiger partial charge is 0.123 e. The van der Waals surface area contributed by atoms with E-state index >= 15 is 0 Å². The molecule has 0 heterocycles. The molecular formula is C16H17BO. The third-order valence-corrected chi connectivity index (χ3v) is 2.89. The van der Waals surface area contributed by atoms with Crippen LogP contribution in [0.3, 0.4) is 0 Å². The second-order valence-electron chi connectivity index (χ2n) is 4.73. The summed E-state index contributed by atoms with van der Waals surface area (Å²) in [6.07, 6.45) is 0. The van der Waals surface area contributed by atoms with Crippen LogP contribution >= 0.6 is 0 Å². The van der Waals surface area contributed by atoms with Gasteiger partial charge in [-0.1, -0.05) is 61.8 Å². The molecule has 0 saturated carbocycles. The standard InChI is InChI=1S/C16H17BO/c1-12(2)15-10-14(17)8-9-16(15)18-11-13-6-4-3-5-7-13/h3-10,12H,11H2,1-2H3. The Morgan fingerprint density at radius 3 is 2.44 bits per heavy atom. The van der Waals surface area contributed by atoms with Gasteiger partial charge in [0.15, 0.2) is 0 Å². The maximum Gasteiger partial charge on any atom is 0.123 e. The van der Waals surface area contributed by atoms with E-state index in [0.29, 0.717) is 12.5 Å². The Hall–Kier alpha value is -1.70. The highest BCUT2D eigenvalue weighted by atomic mass is 16.5. The highest BCUT2D eigenvalue weighted by molar-refractivity contribution is 6.32. The van der Waals surface area contributed by atoms with Gasteiger partial charge < -0.3 is 4.74 Å². The monoisotopic (exact) mass is 236 g/mol. The molecule has 1 nitrogen and oxygen atoms in total. The van der Waals surface area contributed by atoms with E-state index in [1.54, 1.807) is 0 Å². The Labute approximate surface area is 110 Å². The minimum absolute atomic E-state index is 0.402. The van der Waals surface area contributed by atoms with Crippen LogP contribution in [0.25, 0.3) is 0 Å². The number of ether oxygens (including phenoxy) is 1. The van der Waals surface area contributed by atoms with Crippen molar-refractivity contribution in [1.29, 1.82) is 0 Å². The van der Waals surface area contributed by atoms with Gasteiger partial charge in [-0.2, -0.15) is 0 Å². The molecule has 0 saturated heterocycles. The third-order valence-electron chi connectivity index (χ3n) is 2.89. The van der Waals surface area contributed by atoms with Crippen molar-refractivity contribution in [2.75, 3.05) is 0 Å². The molecule has 0 fully saturated rings. The second kappa shape index (κ2) is 5.77. The summed E-state index contributed by atoms with van der Waals surface area (Å²) < 4.78 is 5.88. The van der Waals surface area contributed by atoms with Crippen molar-refractivity contribution < 1.29 is 4.74 Å². The van der Waals surface area contributed by atoms with Gasteiger partial charge >= 0.3 is 0 Å². The van der Waals surface area contributed by atoms with Crippen LogP contribution in [0.5, 0.6) is 5.75 Å². The molecule has 90 valence electrons. The lowest BCUT2D eigenvalue weighted by molar-refractivity contribution is 0.302. The summed E-state index contributed by atoms with van der Waals surface area (Å²) in [5.74, 6) is 1.32. The highest BCUT2D eigenvalue weighted by Gasteiger charge is 2.07. The molecule has 2 aromatic rings. The van der Waals surface area contributed by atoms with Crippen molar-refractivity contribution in [2.45, 2.75) is 26.4 Å². The van der Waals surface area contributed by atoms with E-state index in [1.165, 1.54) is 5.56 Å². The molecule has 0 N–H and O–H groups in total. The highest BCUT2D eigenvalue weighted by Crippen LogP contribution is 2.25. The normalized spacial score (nSPS) is 10.6. The number of hydrogen-bond acceptors (Lipinski definition) is 1. The van der Waals surface area contributed by atoms with Crippen molar-refractivity contribution in [3.63, 3.8) is 0 Å². The van der Waals surface area contributed by atoms with E-state index in [4.69, 9.17) is 12.6 Å². The van der Waals surface area contributed by atoms with Gasteiger partial charge in [0.25, 0.3) is 0 Å². The molecule has 0 unspecified atom stereocenters. The van der Waals surface area contributed by atoms with Crippen LogP contribution in [0.4, 0.5) is 0 Å². The minimum atomic E-state index is 0.402. The average molecular weight is 236 g/mol. The zero-order valence-corrected chi connectivity index (χ0v) is 10.9. The van der Waals surface area contributed by atoms with E-state index in [0.717, 1.165) is 16.8 Å². The van der Waals surface area contributed by atoms with Gasteiger partial charge in [-0.05, 0) is 23.1 Å². The Morgan fingerprint density at radius 2 is 1.78 bits per heavy atom. The summed E-state index contributed by atoms with van der Waals surface area (Å²) in [5, 5.41) is 0. The molecule has 2 aromatic carbocycles. The SMILES string of the molecule is [B]c1ccc(OCc2ccccc2)c(C(C)C)c1. The second-order valence-corrected chi connectivity index (χ2v) is 4.73. The van der Waals surface area contributed by atoms with E-state index in [9.17, 15) is 0 Å². The molecular weight excluding hydrogens is 219 g/mol. The summed E-state index contributed by atoms with van der Waals surface area (Å²) in [7, 11) is 5.82. The Bertz CT molecular complexity index is 506. The van der Waals surface area contributed by atoms with Crippen molar-refractivity contribution in [3.8, 4) is 5.75 Å². The lowest BCUT2D eigenvalue weighted by Crippen LogP contribution is -2.07. The fourth-order valence-electron chi connectivity index (χ4n) is 1.88. The predicted molar refractivity (Wildman–Crippen MR) is 76.7 cm³/mol. The van der Waals surface area contributed by atoms with Crippen LogP contribution in [0.1, 0.15) is 30.9 Å². The largest absolute Gasteiger partial charge is 0.489 e. The number of hydrogen-bond donors (Lipinski definition) is 0. The van der Waals surface area contributed by atoms with Crippen molar-refractivity contribution in [3.05, 3.63) is 59.7 Å². The van der Waals surface area contributed by atoms with Crippen LogP contribution in [0.2, 0.25) is 0 Å². The molecule has 0 aromatic heterocycles. The minimum Gasteiger partial charge on any atom is -0.489 e. The molecule has 0 spiro atoms. The number of rotatable bonds is 4. The summed E-state index contributed by atoms with van der Waals surface area (Å²) in [5.41, 5.74) is 3.11. The summed E-state index contributed by atoms with van der Waals surface area (Å²) in [6.45, 7) is 4.87. The molecule has 0 aliphatic rings. The maximum absolute atomic E-state index is 5.88. The van der Waals surface area contributed by atoms with Gasteiger partial charge in [-0.25, -0.2) is 0 Å². The Kier molecular flexibility index (Phi) is 4.09. The first-order valence-corrected chi connectivity index (χ1v) is 6.23. The van der Waals surface area contributed by atoms with Gasteiger partial charge in [-0.3, -0.25) is 0 Å². The van der Waals surface area contributed by atoms with Gasteiger partial charge in [-0.15, -0.1) is 0 Å². The quantitative estimate of drug-likeness (QED) is 0.741. The molecule has 0 atom stereocenters. The molecule has 0 amide bonds. The number of benzene rings is 2. The van der Waals surface area contributed by atoms with E-state index < -0.39 is 0 Å². The molecule has 0 aliphatic heterocycles. The molecule has 0 bridgehead atoms. The fourth-order valence-corrected chi connectivity index (χ4v) is 1.88. The molecule has 18 heavy (non-hydrogen) atoms. The van der Waals surface area contributed by atoms with Crippen LogP contribution in [-0.4, -0.2) is 7.85 Å². The fraction of sp³-hybridized carbons (Fsp3) is 0.250. The zero-order valence-electron chi connectivity index (χ0n) is 10.9. The van der Waals surface area contributed by atoms with Crippen LogP contribution in [0.15, 0.2) is 48.5 Å². The molecule has 2 heteroatoms. The summed E-state index contributed by atoms with van der Waals surface area (Å²) in [4.78, 5) is 0. The van der Waals surface area contributed by atoms with Crippen molar-refractivity contribution in [1.82, 2.24) is 0 Å². The summed E-state index contributed by atoms with van der Waals surface area (Å²) >= 11 is 0. The van der Waals surface area contributed by atoms with Gasteiger partial charge in [0, 0.05) is 0 Å². The van der Waals surface area contributed by atoms with Gasteiger partial charge in [0.1, 0.15) is 20.2 Å². The van der Waals surface area contributed by atoms with E-state index in [-0.39, 0.29) is 0 Å².